The van der Waals surface area contributed by atoms with E-state index in [1.807, 2.05) is 19.1 Å². The molecule has 0 aliphatic rings. The van der Waals surface area contributed by atoms with Crippen molar-refractivity contribution in [1.29, 1.82) is 0 Å². The summed E-state index contributed by atoms with van der Waals surface area (Å²) in [6, 6.07) is 3.87. The molecule has 0 amide bonds. The predicted molar refractivity (Wildman–Crippen MR) is 44.0 cm³/mol. The van der Waals surface area contributed by atoms with Crippen LogP contribution in [0.3, 0.4) is 0 Å². The number of halogens is 1. The first-order valence-electron chi connectivity index (χ1n) is 2.61. The second-order valence-electron chi connectivity index (χ2n) is 1.88. The Morgan fingerprint density at radius 1 is 1.67 bits per heavy atom. The zero-order valence-electron chi connectivity index (χ0n) is 5.15. The summed E-state index contributed by atoms with van der Waals surface area (Å²) in [5, 5.41) is 0. The van der Waals surface area contributed by atoms with Crippen molar-refractivity contribution in [3.63, 3.8) is 0 Å². The van der Waals surface area contributed by atoms with Crippen LogP contribution in [-0.2, 0) is 0 Å². The third kappa shape index (κ3) is 1.57. The van der Waals surface area contributed by atoms with Gasteiger partial charge in [0.05, 0.1) is 4.34 Å². The summed E-state index contributed by atoms with van der Waals surface area (Å²) in [5.74, 6) is 0. The third-order valence-electron chi connectivity index (χ3n) is 0.994. The highest BCUT2D eigenvalue weighted by Gasteiger charge is 1.95. The van der Waals surface area contributed by atoms with Gasteiger partial charge in [-0.15, -0.1) is 11.3 Å². The molecular formula is C7H7ClS. The van der Waals surface area contributed by atoms with Gasteiger partial charge in [-0.3, -0.25) is 0 Å². The van der Waals surface area contributed by atoms with Gasteiger partial charge in [0.25, 0.3) is 0 Å². The quantitative estimate of drug-likeness (QED) is 0.588. The SMILES string of the molecule is C=C(C)c1ccc(Cl)s1. The lowest BCUT2D eigenvalue weighted by Crippen LogP contribution is -1.62. The van der Waals surface area contributed by atoms with Crippen molar-refractivity contribution in [3.8, 4) is 0 Å². The Morgan fingerprint density at radius 2 is 2.33 bits per heavy atom. The van der Waals surface area contributed by atoms with Crippen LogP contribution in [0.5, 0.6) is 0 Å². The van der Waals surface area contributed by atoms with Crippen LogP contribution in [0, 0.1) is 0 Å². The Balaban J connectivity index is 2.98. The van der Waals surface area contributed by atoms with Crippen molar-refractivity contribution in [2.75, 3.05) is 0 Å². The maximum absolute atomic E-state index is 5.68. The van der Waals surface area contributed by atoms with E-state index in [1.54, 1.807) is 11.3 Å². The van der Waals surface area contributed by atoms with E-state index in [0.717, 1.165) is 9.91 Å². The Morgan fingerprint density at radius 3 is 2.56 bits per heavy atom. The Kier molecular flexibility index (Phi) is 1.94. The number of hydrogen-bond donors (Lipinski definition) is 0. The van der Waals surface area contributed by atoms with Crippen molar-refractivity contribution < 1.29 is 0 Å². The average molecular weight is 159 g/mol. The largest absolute Gasteiger partial charge is 0.124 e. The summed E-state index contributed by atoms with van der Waals surface area (Å²) in [4.78, 5) is 1.17. The van der Waals surface area contributed by atoms with E-state index in [2.05, 4.69) is 6.58 Å². The fourth-order valence-corrected chi connectivity index (χ4v) is 1.51. The molecule has 0 aliphatic heterocycles. The molecule has 1 aromatic heterocycles. The molecule has 1 heterocycles. The molecule has 0 N–H and O–H groups in total. The van der Waals surface area contributed by atoms with Gasteiger partial charge in [0.1, 0.15) is 0 Å². The minimum absolute atomic E-state index is 0.827. The van der Waals surface area contributed by atoms with E-state index in [9.17, 15) is 0 Å². The molecule has 0 aromatic carbocycles. The summed E-state index contributed by atoms with van der Waals surface area (Å²) in [6.07, 6.45) is 0. The van der Waals surface area contributed by atoms with Crippen LogP contribution in [-0.4, -0.2) is 0 Å². The second-order valence-corrected chi connectivity index (χ2v) is 3.60. The number of allylic oxidation sites excluding steroid dienone is 1. The number of hydrogen-bond acceptors (Lipinski definition) is 1. The molecule has 0 radical (unpaired) electrons. The van der Waals surface area contributed by atoms with Gasteiger partial charge in [-0.1, -0.05) is 18.2 Å². The van der Waals surface area contributed by atoms with Gasteiger partial charge in [-0.25, -0.2) is 0 Å². The first kappa shape index (κ1) is 6.84. The van der Waals surface area contributed by atoms with Gasteiger partial charge in [-0.05, 0) is 24.6 Å². The van der Waals surface area contributed by atoms with Crippen LogP contribution in [0.15, 0.2) is 18.7 Å². The Bertz CT molecular complexity index is 225. The van der Waals surface area contributed by atoms with Gasteiger partial charge < -0.3 is 0 Å². The third-order valence-corrected chi connectivity index (χ3v) is 2.39. The summed E-state index contributed by atoms with van der Waals surface area (Å²) in [7, 11) is 0. The zero-order valence-corrected chi connectivity index (χ0v) is 6.72. The summed E-state index contributed by atoms with van der Waals surface area (Å²) in [5.41, 5.74) is 1.08. The number of rotatable bonds is 1. The van der Waals surface area contributed by atoms with Crippen molar-refractivity contribution in [1.82, 2.24) is 0 Å². The lowest BCUT2D eigenvalue weighted by Gasteiger charge is -1.87. The van der Waals surface area contributed by atoms with Gasteiger partial charge in [-0.2, -0.15) is 0 Å². The molecule has 0 bridgehead atoms. The van der Waals surface area contributed by atoms with Crippen LogP contribution in [0.2, 0.25) is 4.34 Å². The fraction of sp³-hybridized carbons (Fsp3) is 0.143. The second kappa shape index (κ2) is 2.54. The van der Waals surface area contributed by atoms with E-state index < -0.39 is 0 Å². The van der Waals surface area contributed by atoms with E-state index in [4.69, 9.17) is 11.6 Å². The Labute approximate surface area is 63.8 Å². The van der Waals surface area contributed by atoms with E-state index >= 15 is 0 Å². The predicted octanol–water partition coefficient (Wildman–Crippen LogP) is 3.43. The normalized spacial score (nSPS) is 9.56. The smallest absolute Gasteiger partial charge is 0.0934 e. The first-order chi connectivity index (χ1) is 4.20. The molecule has 0 nitrogen and oxygen atoms in total. The molecule has 1 aromatic rings. The lowest BCUT2D eigenvalue weighted by atomic mass is 10.3. The van der Waals surface area contributed by atoms with Crippen LogP contribution in [0.4, 0.5) is 0 Å². The molecular weight excluding hydrogens is 152 g/mol. The maximum Gasteiger partial charge on any atom is 0.0934 e. The van der Waals surface area contributed by atoms with Crippen molar-refractivity contribution >= 4 is 28.5 Å². The minimum atomic E-state index is 0.827. The maximum atomic E-state index is 5.68. The van der Waals surface area contributed by atoms with Gasteiger partial charge in [0.15, 0.2) is 0 Å². The summed E-state index contributed by atoms with van der Waals surface area (Å²) >= 11 is 7.24. The molecule has 2 heteroatoms. The highest BCUT2D eigenvalue weighted by molar-refractivity contribution is 7.17. The van der Waals surface area contributed by atoms with Crippen LogP contribution < -0.4 is 0 Å². The Hall–Kier alpha value is -0.270. The highest BCUT2D eigenvalue weighted by Crippen LogP contribution is 2.25. The number of thiophene rings is 1. The molecule has 0 saturated carbocycles. The van der Waals surface area contributed by atoms with Gasteiger partial charge >= 0.3 is 0 Å². The van der Waals surface area contributed by atoms with Crippen molar-refractivity contribution in [2.45, 2.75) is 6.92 Å². The van der Waals surface area contributed by atoms with Gasteiger partial charge in [0, 0.05) is 4.88 Å². The van der Waals surface area contributed by atoms with E-state index in [0.29, 0.717) is 0 Å². The van der Waals surface area contributed by atoms with Crippen LogP contribution >= 0.6 is 22.9 Å². The fourth-order valence-electron chi connectivity index (χ4n) is 0.544. The first-order valence-corrected chi connectivity index (χ1v) is 3.81. The monoisotopic (exact) mass is 158 g/mol. The summed E-state index contributed by atoms with van der Waals surface area (Å²) < 4.78 is 0.827. The van der Waals surface area contributed by atoms with Crippen molar-refractivity contribution in [2.24, 2.45) is 0 Å². The standard InChI is InChI=1S/C7H7ClS/c1-5(2)6-3-4-7(8)9-6/h3-4H,1H2,2H3. The molecule has 0 atom stereocenters. The van der Waals surface area contributed by atoms with Gasteiger partial charge in [0.2, 0.25) is 0 Å². The van der Waals surface area contributed by atoms with E-state index in [-0.39, 0.29) is 0 Å². The topological polar surface area (TPSA) is 0 Å². The average Bonchev–Trinajstić information content (AvgIpc) is 2.14. The molecule has 0 saturated heterocycles. The molecule has 9 heavy (non-hydrogen) atoms. The van der Waals surface area contributed by atoms with Crippen LogP contribution in [0.25, 0.3) is 5.57 Å². The van der Waals surface area contributed by atoms with Crippen LogP contribution in [0.1, 0.15) is 11.8 Å². The molecule has 0 fully saturated rings. The zero-order chi connectivity index (χ0) is 6.85. The molecule has 48 valence electrons. The lowest BCUT2D eigenvalue weighted by molar-refractivity contribution is 1.75. The van der Waals surface area contributed by atoms with Crippen molar-refractivity contribution in [3.05, 3.63) is 27.9 Å². The molecule has 0 aliphatic carbocycles. The van der Waals surface area contributed by atoms with E-state index in [1.165, 1.54) is 4.88 Å². The molecule has 0 spiro atoms. The minimum Gasteiger partial charge on any atom is -0.124 e. The highest BCUT2D eigenvalue weighted by atomic mass is 35.5. The summed E-state index contributed by atoms with van der Waals surface area (Å²) in [6.45, 7) is 5.76. The molecule has 1 rings (SSSR count). The molecule has 0 unspecified atom stereocenters.